The Hall–Kier alpha value is -0.730. The van der Waals surface area contributed by atoms with Crippen LogP contribution in [-0.2, 0) is 0 Å². The number of ether oxygens (including phenoxy) is 1. The molecule has 0 amide bonds. The lowest BCUT2D eigenvalue weighted by atomic mass is 10.0. The summed E-state index contributed by atoms with van der Waals surface area (Å²) in [6, 6.07) is 6.52. The second kappa shape index (κ2) is 5.07. The highest BCUT2D eigenvalue weighted by molar-refractivity contribution is 6.32. The number of benzene rings is 1. The van der Waals surface area contributed by atoms with Crippen molar-refractivity contribution >= 4 is 11.6 Å². The molecule has 0 saturated heterocycles. The fourth-order valence-corrected chi connectivity index (χ4v) is 2.27. The topological polar surface area (TPSA) is 21.3 Å². The highest BCUT2D eigenvalue weighted by Gasteiger charge is 2.31. The van der Waals surface area contributed by atoms with E-state index in [9.17, 15) is 0 Å². The molecule has 1 aliphatic rings. The maximum atomic E-state index is 6.03. The van der Waals surface area contributed by atoms with Gasteiger partial charge in [-0.3, -0.25) is 0 Å². The van der Waals surface area contributed by atoms with Crippen molar-refractivity contribution in [3.05, 3.63) is 28.8 Å². The predicted molar refractivity (Wildman–Crippen MR) is 67.1 cm³/mol. The molecule has 0 heterocycles. The first-order chi connectivity index (χ1) is 7.76. The zero-order chi connectivity index (χ0) is 11.5. The van der Waals surface area contributed by atoms with Crippen molar-refractivity contribution in [2.45, 2.75) is 25.8 Å². The summed E-state index contributed by atoms with van der Waals surface area (Å²) >= 11 is 6.03. The van der Waals surface area contributed by atoms with E-state index in [0.29, 0.717) is 11.1 Å². The van der Waals surface area contributed by atoms with Gasteiger partial charge in [0.15, 0.2) is 0 Å². The number of nitrogens with one attached hydrogen (secondary N) is 1. The number of hydrogen-bond donors (Lipinski definition) is 1. The quantitative estimate of drug-likeness (QED) is 0.850. The van der Waals surface area contributed by atoms with Crippen LogP contribution >= 0.6 is 11.6 Å². The molecule has 1 unspecified atom stereocenters. The van der Waals surface area contributed by atoms with E-state index in [1.54, 1.807) is 7.11 Å². The predicted octanol–water partition coefficient (Wildman–Crippen LogP) is 3.41. The summed E-state index contributed by atoms with van der Waals surface area (Å²) in [5.74, 6) is 1.55. The van der Waals surface area contributed by atoms with Crippen molar-refractivity contribution in [2.75, 3.05) is 13.7 Å². The van der Waals surface area contributed by atoms with Crippen LogP contribution in [0.2, 0.25) is 5.02 Å². The summed E-state index contributed by atoms with van der Waals surface area (Å²) < 4.78 is 5.25. The van der Waals surface area contributed by atoms with Crippen molar-refractivity contribution in [3.8, 4) is 5.75 Å². The third kappa shape index (κ3) is 2.50. The van der Waals surface area contributed by atoms with Gasteiger partial charge in [-0.1, -0.05) is 24.6 Å². The van der Waals surface area contributed by atoms with Crippen LogP contribution in [0.15, 0.2) is 18.2 Å². The van der Waals surface area contributed by atoms with Crippen LogP contribution in [-0.4, -0.2) is 13.7 Å². The first-order valence-electron chi connectivity index (χ1n) is 5.83. The minimum Gasteiger partial charge on any atom is -0.495 e. The normalized spacial score (nSPS) is 17.2. The van der Waals surface area contributed by atoms with Gasteiger partial charge in [-0.15, -0.1) is 0 Å². The number of halogens is 1. The minimum atomic E-state index is 0.455. The molecule has 0 bridgehead atoms. The van der Waals surface area contributed by atoms with Gasteiger partial charge in [-0.25, -0.2) is 0 Å². The van der Waals surface area contributed by atoms with Crippen molar-refractivity contribution in [1.82, 2.24) is 5.32 Å². The fraction of sp³-hybridized carbons (Fsp3) is 0.538. The first kappa shape index (κ1) is 11.7. The van der Waals surface area contributed by atoms with Crippen LogP contribution in [0.4, 0.5) is 0 Å². The molecule has 0 aromatic heterocycles. The van der Waals surface area contributed by atoms with Gasteiger partial charge in [-0.05, 0) is 43.0 Å². The van der Waals surface area contributed by atoms with Gasteiger partial charge in [0.05, 0.1) is 12.1 Å². The Labute approximate surface area is 102 Å². The third-order valence-corrected chi connectivity index (χ3v) is 3.36. The van der Waals surface area contributed by atoms with Crippen LogP contribution in [0, 0.1) is 5.92 Å². The summed E-state index contributed by atoms with van der Waals surface area (Å²) in [5, 5.41) is 4.21. The fourth-order valence-electron chi connectivity index (χ4n) is 2.08. The monoisotopic (exact) mass is 239 g/mol. The van der Waals surface area contributed by atoms with Gasteiger partial charge in [0.25, 0.3) is 0 Å². The molecule has 0 radical (unpaired) electrons. The van der Waals surface area contributed by atoms with Gasteiger partial charge in [-0.2, -0.15) is 0 Å². The Morgan fingerprint density at radius 1 is 1.50 bits per heavy atom. The average Bonchev–Trinajstić information content (AvgIpc) is 3.11. The largest absolute Gasteiger partial charge is 0.495 e. The molecule has 16 heavy (non-hydrogen) atoms. The summed E-state index contributed by atoms with van der Waals surface area (Å²) in [6.45, 7) is 3.13. The second-order valence-electron chi connectivity index (χ2n) is 4.27. The molecule has 1 fully saturated rings. The van der Waals surface area contributed by atoms with Gasteiger partial charge in [0, 0.05) is 6.04 Å². The molecule has 2 nitrogen and oxygen atoms in total. The van der Waals surface area contributed by atoms with Crippen LogP contribution in [0.3, 0.4) is 0 Å². The van der Waals surface area contributed by atoms with E-state index >= 15 is 0 Å². The Bertz CT molecular complexity index is 363. The lowest BCUT2D eigenvalue weighted by Gasteiger charge is -2.18. The zero-order valence-electron chi connectivity index (χ0n) is 9.79. The molecule has 1 saturated carbocycles. The zero-order valence-corrected chi connectivity index (χ0v) is 10.6. The molecule has 3 heteroatoms. The van der Waals surface area contributed by atoms with Crippen molar-refractivity contribution in [2.24, 2.45) is 5.92 Å². The smallest absolute Gasteiger partial charge is 0.137 e. The molecule has 1 aliphatic carbocycles. The van der Waals surface area contributed by atoms with Crippen LogP contribution in [0.25, 0.3) is 0 Å². The standard InChI is InChI=1S/C13H18ClNO/c1-3-15-13(9-4-5-9)10-6-7-11(14)12(8-10)16-2/h6-9,13,15H,3-5H2,1-2H3. The molecular weight excluding hydrogens is 222 g/mol. The molecule has 88 valence electrons. The lowest BCUT2D eigenvalue weighted by Crippen LogP contribution is -2.22. The second-order valence-corrected chi connectivity index (χ2v) is 4.67. The van der Waals surface area contributed by atoms with Gasteiger partial charge < -0.3 is 10.1 Å². The Morgan fingerprint density at radius 3 is 2.81 bits per heavy atom. The van der Waals surface area contributed by atoms with Gasteiger partial charge in [0.1, 0.15) is 5.75 Å². The van der Waals surface area contributed by atoms with Crippen LogP contribution in [0.5, 0.6) is 5.75 Å². The Kier molecular flexibility index (Phi) is 3.72. The van der Waals surface area contributed by atoms with Gasteiger partial charge >= 0.3 is 0 Å². The van der Waals surface area contributed by atoms with E-state index in [2.05, 4.69) is 18.3 Å². The lowest BCUT2D eigenvalue weighted by molar-refractivity contribution is 0.412. The van der Waals surface area contributed by atoms with Gasteiger partial charge in [0.2, 0.25) is 0 Å². The molecular formula is C13H18ClNO. The van der Waals surface area contributed by atoms with E-state index < -0.39 is 0 Å². The minimum absolute atomic E-state index is 0.455. The van der Waals surface area contributed by atoms with Crippen LogP contribution in [0.1, 0.15) is 31.4 Å². The molecule has 0 aliphatic heterocycles. The molecule has 1 aromatic carbocycles. The summed E-state index contributed by atoms with van der Waals surface area (Å²) in [7, 11) is 1.66. The maximum Gasteiger partial charge on any atom is 0.137 e. The van der Waals surface area contributed by atoms with Crippen molar-refractivity contribution in [1.29, 1.82) is 0 Å². The summed E-state index contributed by atoms with van der Waals surface area (Å²) in [6.07, 6.45) is 2.64. The summed E-state index contributed by atoms with van der Waals surface area (Å²) in [4.78, 5) is 0. The SMILES string of the molecule is CCNC(c1ccc(Cl)c(OC)c1)C1CC1. The Morgan fingerprint density at radius 2 is 2.25 bits per heavy atom. The number of rotatable bonds is 5. The molecule has 2 rings (SSSR count). The molecule has 1 aromatic rings. The third-order valence-electron chi connectivity index (χ3n) is 3.05. The van der Waals surface area contributed by atoms with E-state index in [4.69, 9.17) is 16.3 Å². The van der Waals surface area contributed by atoms with Crippen molar-refractivity contribution < 1.29 is 4.74 Å². The average molecular weight is 240 g/mol. The summed E-state index contributed by atoms with van der Waals surface area (Å²) in [5.41, 5.74) is 1.28. The number of hydrogen-bond acceptors (Lipinski definition) is 2. The first-order valence-corrected chi connectivity index (χ1v) is 6.21. The van der Waals surface area contributed by atoms with E-state index in [0.717, 1.165) is 18.2 Å². The molecule has 1 N–H and O–H groups in total. The molecule has 0 spiro atoms. The highest BCUT2D eigenvalue weighted by Crippen LogP contribution is 2.42. The Balaban J connectivity index is 2.23. The number of methoxy groups -OCH3 is 1. The molecule has 1 atom stereocenters. The van der Waals surface area contributed by atoms with E-state index in [1.807, 2.05) is 12.1 Å². The van der Waals surface area contributed by atoms with Crippen LogP contribution < -0.4 is 10.1 Å². The highest BCUT2D eigenvalue weighted by atomic mass is 35.5. The van der Waals surface area contributed by atoms with Crippen molar-refractivity contribution in [3.63, 3.8) is 0 Å². The van der Waals surface area contributed by atoms with E-state index in [-0.39, 0.29) is 0 Å². The van der Waals surface area contributed by atoms with E-state index in [1.165, 1.54) is 18.4 Å². The maximum absolute atomic E-state index is 6.03.